The smallest absolute Gasteiger partial charge is 0.244 e. The van der Waals surface area contributed by atoms with Crippen LogP contribution in [0.1, 0.15) is 19.4 Å². The molecular weight excluding hydrogens is 262 g/mol. The van der Waals surface area contributed by atoms with Crippen molar-refractivity contribution < 1.29 is 9.53 Å². The molecule has 0 saturated heterocycles. The van der Waals surface area contributed by atoms with E-state index in [-0.39, 0.29) is 11.9 Å². The molecule has 1 rings (SSSR count). The third-order valence-corrected chi connectivity index (χ3v) is 2.67. The number of rotatable bonds is 8. The third-order valence-electron chi connectivity index (χ3n) is 2.67. The molecule has 0 aromatic heterocycles. The Hall–Kier alpha value is -2.13. The van der Waals surface area contributed by atoms with Crippen LogP contribution in [0.4, 0.5) is 0 Å². The number of ether oxygens (including phenoxy) is 1. The molecular formula is C18H23NO2. The van der Waals surface area contributed by atoms with Gasteiger partial charge in [-0.3, -0.25) is 4.79 Å². The van der Waals surface area contributed by atoms with Gasteiger partial charge in [-0.15, -0.1) is 0 Å². The molecule has 3 heteroatoms. The number of amides is 1. The Bertz CT molecular complexity index is 489. The van der Waals surface area contributed by atoms with Crippen molar-refractivity contribution in [2.24, 2.45) is 0 Å². The van der Waals surface area contributed by atoms with Crippen LogP contribution in [0.2, 0.25) is 0 Å². The number of hydrogen-bond acceptors (Lipinski definition) is 2. The van der Waals surface area contributed by atoms with Crippen LogP contribution < -0.4 is 5.32 Å². The quantitative estimate of drug-likeness (QED) is 0.344. The van der Waals surface area contributed by atoms with Gasteiger partial charge in [0.2, 0.25) is 5.91 Å². The van der Waals surface area contributed by atoms with E-state index < -0.39 is 0 Å². The van der Waals surface area contributed by atoms with Crippen molar-refractivity contribution in [1.29, 1.82) is 0 Å². The van der Waals surface area contributed by atoms with E-state index in [1.807, 2.05) is 68.5 Å². The lowest BCUT2D eigenvalue weighted by atomic mass is 10.2. The van der Waals surface area contributed by atoms with Crippen LogP contribution in [0.25, 0.3) is 0 Å². The lowest BCUT2D eigenvalue weighted by molar-refractivity contribution is -0.116. The fraction of sp³-hybridized carbons (Fsp3) is 0.278. The number of carbonyl (C=O) groups excluding carboxylic acids is 1. The molecule has 0 heterocycles. The van der Waals surface area contributed by atoms with Crippen LogP contribution >= 0.6 is 0 Å². The molecule has 1 N–H and O–H groups in total. The van der Waals surface area contributed by atoms with E-state index in [0.29, 0.717) is 13.2 Å². The Morgan fingerprint density at radius 3 is 2.76 bits per heavy atom. The molecule has 1 amide bonds. The van der Waals surface area contributed by atoms with Gasteiger partial charge in [-0.25, -0.2) is 0 Å². The first-order valence-corrected chi connectivity index (χ1v) is 7.10. The summed E-state index contributed by atoms with van der Waals surface area (Å²) in [5.41, 5.74) is 1.15. The number of benzene rings is 1. The highest BCUT2D eigenvalue weighted by molar-refractivity contribution is 5.88. The molecule has 0 radical (unpaired) electrons. The minimum atomic E-state index is -0.101. The van der Waals surface area contributed by atoms with E-state index in [2.05, 4.69) is 5.32 Å². The highest BCUT2D eigenvalue weighted by Gasteiger charge is 1.99. The van der Waals surface area contributed by atoms with E-state index in [1.165, 1.54) is 6.08 Å². The first-order chi connectivity index (χ1) is 10.2. The monoisotopic (exact) mass is 285 g/mol. The largest absolute Gasteiger partial charge is 0.373 e. The summed E-state index contributed by atoms with van der Waals surface area (Å²) in [4.78, 5) is 11.5. The average molecular weight is 285 g/mol. The Kier molecular flexibility index (Phi) is 8.57. The number of hydrogen-bond donors (Lipinski definition) is 1. The molecule has 0 aliphatic rings. The average Bonchev–Trinajstić information content (AvgIpc) is 2.48. The van der Waals surface area contributed by atoms with Crippen molar-refractivity contribution >= 4 is 5.91 Å². The molecule has 0 spiro atoms. The van der Waals surface area contributed by atoms with Crippen LogP contribution in [0.3, 0.4) is 0 Å². The van der Waals surface area contributed by atoms with E-state index >= 15 is 0 Å². The van der Waals surface area contributed by atoms with Crippen LogP contribution in [0.5, 0.6) is 0 Å². The molecule has 0 bridgehead atoms. The normalized spacial score (nSPS) is 13.2. The van der Waals surface area contributed by atoms with Gasteiger partial charge in [0.25, 0.3) is 0 Å². The molecule has 1 aromatic rings. The SMILES string of the molecule is CC=CC=CC(=O)N[C@H](C)C=CCOCc1ccccc1. The van der Waals surface area contributed by atoms with Gasteiger partial charge in [-0.1, -0.05) is 60.7 Å². The maximum Gasteiger partial charge on any atom is 0.244 e. The van der Waals surface area contributed by atoms with Crippen molar-refractivity contribution in [3.8, 4) is 0 Å². The minimum Gasteiger partial charge on any atom is -0.373 e. The molecule has 0 aliphatic carbocycles. The van der Waals surface area contributed by atoms with Crippen molar-refractivity contribution in [1.82, 2.24) is 5.32 Å². The summed E-state index contributed by atoms with van der Waals surface area (Å²) in [7, 11) is 0. The lowest BCUT2D eigenvalue weighted by Crippen LogP contribution is -2.29. The second-order valence-electron chi connectivity index (χ2n) is 4.61. The van der Waals surface area contributed by atoms with Crippen molar-refractivity contribution in [3.05, 3.63) is 72.4 Å². The first-order valence-electron chi connectivity index (χ1n) is 7.10. The summed E-state index contributed by atoms with van der Waals surface area (Å²) < 4.78 is 5.53. The summed E-state index contributed by atoms with van der Waals surface area (Å²) in [6.07, 6.45) is 10.8. The zero-order valence-corrected chi connectivity index (χ0v) is 12.7. The van der Waals surface area contributed by atoms with Gasteiger partial charge >= 0.3 is 0 Å². The van der Waals surface area contributed by atoms with Gasteiger partial charge in [0.1, 0.15) is 0 Å². The summed E-state index contributed by atoms with van der Waals surface area (Å²) in [6, 6.07) is 10.0. The van der Waals surface area contributed by atoms with Crippen molar-refractivity contribution in [3.63, 3.8) is 0 Å². The van der Waals surface area contributed by atoms with Crippen LogP contribution in [-0.4, -0.2) is 18.6 Å². The molecule has 0 fully saturated rings. The van der Waals surface area contributed by atoms with E-state index in [9.17, 15) is 4.79 Å². The standard InChI is InChI=1S/C18H23NO2/c1-3-4-6-13-18(20)19-16(2)10-9-14-21-15-17-11-7-5-8-12-17/h3-13,16H,14-15H2,1-2H3,(H,19,20)/t16-/m1/s1. The van der Waals surface area contributed by atoms with Crippen LogP contribution in [0, 0.1) is 0 Å². The van der Waals surface area contributed by atoms with Gasteiger partial charge in [0.05, 0.1) is 13.2 Å². The topological polar surface area (TPSA) is 38.3 Å². The van der Waals surface area contributed by atoms with Gasteiger partial charge in [-0.2, -0.15) is 0 Å². The van der Waals surface area contributed by atoms with Gasteiger partial charge < -0.3 is 10.1 Å². The van der Waals surface area contributed by atoms with Crippen LogP contribution in [0.15, 0.2) is 66.8 Å². The van der Waals surface area contributed by atoms with Gasteiger partial charge in [0.15, 0.2) is 0 Å². The second-order valence-corrected chi connectivity index (χ2v) is 4.61. The highest BCUT2D eigenvalue weighted by atomic mass is 16.5. The Morgan fingerprint density at radius 1 is 1.29 bits per heavy atom. The van der Waals surface area contributed by atoms with Gasteiger partial charge in [0, 0.05) is 12.1 Å². The molecule has 0 unspecified atom stereocenters. The molecule has 0 aliphatic heterocycles. The molecule has 1 aromatic carbocycles. The zero-order chi connectivity index (χ0) is 15.3. The predicted octanol–water partition coefficient (Wildman–Crippen LogP) is 3.40. The maximum atomic E-state index is 11.5. The summed E-state index contributed by atoms with van der Waals surface area (Å²) in [5, 5.41) is 2.85. The van der Waals surface area contributed by atoms with E-state index in [4.69, 9.17) is 4.74 Å². The zero-order valence-electron chi connectivity index (χ0n) is 12.7. The molecule has 21 heavy (non-hydrogen) atoms. The lowest BCUT2D eigenvalue weighted by Gasteiger charge is -2.07. The predicted molar refractivity (Wildman–Crippen MR) is 86.8 cm³/mol. The fourth-order valence-electron chi connectivity index (χ4n) is 1.65. The van der Waals surface area contributed by atoms with Crippen molar-refractivity contribution in [2.45, 2.75) is 26.5 Å². The van der Waals surface area contributed by atoms with E-state index in [0.717, 1.165) is 5.56 Å². The number of nitrogens with one attached hydrogen (secondary N) is 1. The second kappa shape index (κ2) is 10.6. The summed E-state index contributed by atoms with van der Waals surface area (Å²) >= 11 is 0. The van der Waals surface area contributed by atoms with Crippen molar-refractivity contribution in [2.75, 3.05) is 6.61 Å². The summed E-state index contributed by atoms with van der Waals surface area (Å²) in [5.74, 6) is -0.101. The van der Waals surface area contributed by atoms with E-state index in [1.54, 1.807) is 6.08 Å². The molecule has 3 nitrogen and oxygen atoms in total. The van der Waals surface area contributed by atoms with Gasteiger partial charge in [-0.05, 0) is 19.4 Å². The molecule has 0 saturated carbocycles. The minimum absolute atomic E-state index is 0.0203. The summed E-state index contributed by atoms with van der Waals surface area (Å²) in [6.45, 7) is 4.96. The fourth-order valence-corrected chi connectivity index (χ4v) is 1.65. The third kappa shape index (κ3) is 8.60. The van der Waals surface area contributed by atoms with Crippen LogP contribution in [-0.2, 0) is 16.1 Å². The first kappa shape index (κ1) is 16.9. The Balaban J connectivity index is 2.19. The molecule has 1 atom stereocenters. The highest BCUT2D eigenvalue weighted by Crippen LogP contribution is 2.00. The molecule has 112 valence electrons. The number of allylic oxidation sites excluding steroid dienone is 3. The number of carbonyl (C=O) groups is 1. The maximum absolute atomic E-state index is 11.5. The Labute approximate surface area is 127 Å². The Morgan fingerprint density at radius 2 is 2.05 bits per heavy atom.